The molecule has 176 valence electrons. The van der Waals surface area contributed by atoms with Gasteiger partial charge in [0.15, 0.2) is 4.96 Å². The molecule has 7 nitrogen and oxygen atoms in total. The fourth-order valence-corrected chi connectivity index (χ4v) is 5.51. The molecular formula is C25H31N3O4S. The Balaban J connectivity index is 1.57. The first-order valence-corrected chi connectivity index (χ1v) is 12.3. The van der Waals surface area contributed by atoms with Gasteiger partial charge in [-0.15, -0.1) is 11.3 Å². The van der Waals surface area contributed by atoms with Crippen molar-refractivity contribution in [1.82, 2.24) is 14.7 Å². The minimum absolute atomic E-state index is 0.0148. The molecule has 1 aliphatic rings. The molecule has 0 spiro atoms. The summed E-state index contributed by atoms with van der Waals surface area (Å²) < 4.78 is 1.38. The lowest BCUT2D eigenvalue weighted by molar-refractivity contribution is -0.0129. The van der Waals surface area contributed by atoms with E-state index < -0.39 is 18.1 Å². The first-order valence-electron chi connectivity index (χ1n) is 11.4. The molecule has 8 heteroatoms. The summed E-state index contributed by atoms with van der Waals surface area (Å²) in [7, 11) is 0. The van der Waals surface area contributed by atoms with Crippen LogP contribution in [0.25, 0.3) is 4.96 Å². The number of hydrogen-bond donors (Lipinski definition) is 3. The van der Waals surface area contributed by atoms with Crippen LogP contribution in [0.1, 0.15) is 61.4 Å². The van der Waals surface area contributed by atoms with E-state index in [1.165, 1.54) is 21.9 Å². The molecule has 0 aliphatic heterocycles. The Morgan fingerprint density at radius 3 is 2.82 bits per heavy atom. The predicted molar refractivity (Wildman–Crippen MR) is 129 cm³/mol. The van der Waals surface area contributed by atoms with Gasteiger partial charge in [0.05, 0.1) is 12.2 Å². The van der Waals surface area contributed by atoms with Crippen LogP contribution in [0.5, 0.6) is 0 Å². The number of carbonyl (C=O) groups excluding carboxylic acids is 1. The van der Waals surface area contributed by atoms with Crippen molar-refractivity contribution < 1.29 is 15.0 Å². The van der Waals surface area contributed by atoms with Crippen molar-refractivity contribution in [1.29, 1.82) is 0 Å². The zero-order chi connectivity index (χ0) is 23.6. The lowest BCUT2D eigenvalue weighted by atomic mass is 9.73. The zero-order valence-corrected chi connectivity index (χ0v) is 19.8. The summed E-state index contributed by atoms with van der Waals surface area (Å²) in [5, 5.41) is 26.5. The SMILES string of the molecule is C[C@@H]1CC[C@](C)(CNC(=O)c2cnc3sccn3c2=O)C[C@H](c2ccccc2)[C@@H](O)[C@@H](O)C1. The largest absolute Gasteiger partial charge is 0.390 e. The number of aliphatic hydroxyl groups is 2. The van der Waals surface area contributed by atoms with Gasteiger partial charge in [0.1, 0.15) is 5.56 Å². The Labute approximate surface area is 197 Å². The summed E-state index contributed by atoms with van der Waals surface area (Å²) in [4.78, 5) is 30.4. The molecule has 1 aliphatic carbocycles. The molecule has 0 saturated heterocycles. The van der Waals surface area contributed by atoms with Crippen LogP contribution >= 0.6 is 11.3 Å². The van der Waals surface area contributed by atoms with Crippen molar-refractivity contribution in [3.63, 3.8) is 0 Å². The fraction of sp³-hybridized carbons (Fsp3) is 0.480. The lowest BCUT2D eigenvalue weighted by Crippen LogP contribution is -2.41. The van der Waals surface area contributed by atoms with E-state index in [1.54, 1.807) is 11.6 Å². The minimum Gasteiger partial charge on any atom is -0.390 e. The summed E-state index contributed by atoms with van der Waals surface area (Å²) in [5.41, 5.74) is 0.279. The third kappa shape index (κ3) is 5.18. The van der Waals surface area contributed by atoms with Gasteiger partial charge >= 0.3 is 0 Å². The number of nitrogens with one attached hydrogen (secondary N) is 1. The predicted octanol–water partition coefficient (Wildman–Crippen LogP) is 3.21. The zero-order valence-electron chi connectivity index (χ0n) is 19.0. The third-order valence-electron chi connectivity index (χ3n) is 6.89. The molecule has 5 atom stereocenters. The molecule has 3 aromatic rings. The first kappa shape index (κ1) is 23.6. The molecule has 0 unspecified atom stereocenters. The van der Waals surface area contributed by atoms with Crippen LogP contribution < -0.4 is 10.9 Å². The Kier molecular flexibility index (Phi) is 6.97. The smallest absolute Gasteiger partial charge is 0.271 e. The van der Waals surface area contributed by atoms with E-state index in [0.29, 0.717) is 24.3 Å². The van der Waals surface area contributed by atoms with Gasteiger partial charge in [0.2, 0.25) is 0 Å². The van der Waals surface area contributed by atoms with Crippen LogP contribution in [0.4, 0.5) is 0 Å². The van der Waals surface area contributed by atoms with Crippen LogP contribution in [-0.2, 0) is 0 Å². The average Bonchev–Trinajstić information content (AvgIpc) is 3.30. The monoisotopic (exact) mass is 469 g/mol. The van der Waals surface area contributed by atoms with Crippen molar-refractivity contribution in [2.24, 2.45) is 11.3 Å². The maximum absolute atomic E-state index is 12.9. The highest BCUT2D eigenvalue weighted by molar-refractivity contribution is 7.15. The second kappa shape index (κ2) is 9.75. The van der Waals surface area contributed by atoms with Gasteiger partial charge in [-0.25, -0.2) is 4.98 Å². The molecular weight excluding hydrogens is 438 g/mol. The normalized spacial score (nSPS) is 28.6. The Morgan fingerprint density at radius 2 is 2.06 bits per heavy atom. The summed E-state index contributed by atoms with van der Waals surface area (Å²) >= 11 is 1.34. The number of aliphatic hydroxyl groups excluding tert-OH is 2. The molecule has 4 rings (SSSR count). The number of hydrogen-bond acceptors (Lipinski definition) is 6. The highest BCUT2D eigenvalue weighted by Crippen LogP contribution is 2.41. The number of benzene rings is 1. The van der Waals surface area contributed by atoms with E-state index in [-0.39, 0.29) is 28.4 Å². The highest BCUT2D eigenvalue weighted by Gasteiger charge is 2.38. The lowest BCUT2D eigenvalue weighted by Gasteiger charge is -2.36. The highest BCUT2D eigenvalue weighted by atomic mass is 32.1. The van der Waals surface area contributed by atoms with Crippen LogP contribution in [0.2, 0.25) is 0 Å². The van der Waals surface area contributed by atoms with E-state index >= 15 is 0 Å². The van der Waals surface area contributed by atoms with Crippen molar-refractivity contribution in [3.8, 4) is 0 Å². The van der Waals surface area contributed by atoms with Crippen molar-refractivity contribution in [2.45, 2.75) is 57.7 Å². The molecule has 2 heterocycles. The van der Waals surface area contributed by atoms with Crippen LogP contribution in [0.3, 0.4) is 0 Å². The van der Waals surface area contributed by atoms with Gasteiger partial charge in [0, 0.05) is 30.2 Å². The molecule has 1 amide bonds. The van der Waals surface area contributed by atoms with Gasteiger partial charge < -0.3 is 15.5 Å². The third-order valence-corrected chi connectivity index (χ3v) is 7.67. The maximum Gasteiger partial charge on any atom is 0.271 e. The standard InChI is InChI=1S/C25H31N3O4S/c1-16-8-9-25(2,13-18(21(30)20(29)12-16)17-6-4-3-5-7-17)15-27-22(31)19-14-26-24-28(23(19)32)10-11-33-24/h3-7,10-11,14,16,18,20-21,29-30H,8-9,12-13,15H2,1-2H3,(H,27,31)/t16-,18-,20+,21-,25+/m1/s1. The Bertz CT molecular complexity index is 1160. The van der Waals surface area contributed by atoms with E-state index in [0.717, 1.165) is 18.4 Å². The maximum atomic E-state index is 12.9. The molecule has 33 heavy (non-hydrogen) atoms. The Hall–Kier alpha value is -2.55. The number of fused-ring (bicyclic) bond motifs is 1. The Morgan fingerprint density at radius 1 is 1.30 bits per heavy atom. The molecule has 0 radical (unpaired) electrons. The van der Waals surface area contributed by atoms with Crippen LogP contribution in [0, 0.1) is 11.3 Å². The van der Waals surface area contributed by atoms with E-state index in [9.17, 15) is 19.8 Å². The van der Waals surface area contributed by atoms with Crippen molar-refractivity contribution in [3.05, 3.63) is 69.6 Å². The van der Waals surface area contributed by atoms with Crippen molar-refractivity contribution in [2.75, 3.05) is 6.54 Å². The van der Waals surface area contributed by atoms with Gasteiger partial charge in [-0.05, 0) is 36.2 Å². The van der Waals surface area contributed by atoms with Crippen LogP contribution in [0.15, 0.2) is 52.9 Å². The summed E-state index contributed by atoms with van der Waals surface area (Å²) in [6, 6.07) is 9.75. The minimum atomic E-state index is -0.891. The summed E-state index contributed by atoms with van der Waals surface area (Å²) in [5.74, 6) is -0.462. The molecule has 2 aromatic heterocycles. The van der Waals surface area contributed by atoms with Gasteiger partial charge in [0.25, 0.3) is 11.5 Å². The van der Waals surface area contributed by atoms with Crippen LogP contribution in [-0.4, -0.2) is 44.3 Å². The van der Waals surface area contributed by atoms with Gasteiger partial charge in [-0.2, -0.15) is 0 Å². The van der Waals surface area contributed by atoms with Gasteiger partial charge in [-0.3, -0.25) is 14.0 Å². The number of nitrogens with zero attached hydrogens (tertiary/aromatic N) is 2. The molecule has 3 N–H and O–H groups in total. The summed E-state index contributed by atoms with van der Waals surface area (Å²) in [6.45, 7) is 4.55. The number of thiazole rings is 1. The second-order valence-electron chi connectivity index (χ2n) is 9.68. The van der Waals surface area contributed by atoms with E-state index in [4.69, 9.17) is 0 Å². The first-order chi connectivity index (χ1) is 15.8. The molecule has 1 aromatic carbocycles. The average molecular weight is 470 g/mol. The van der Waals surface area contributed by atoms with E-state index in [2.05, 4.69) is 24.1 Å². The number of carbonyl (C=O) groups is 1. The second-order valence-corrected chi connectivity index (χ2v) is 10.6. The quantitative estimate of drug-likeness (QED) is 0.544. The molecule has 1 saturated carbocycles. The number of amides is 1. The fourth-order valence-electron chi connectivity index (χ4n) is 4.83. The number of rotatable bonds is 4. The number of aromatic nitrogens is 2. The van der Waals surface area contributed by atoms with Crippen molar-refractivity contribution >= 4 is 22.2 Å². The van der Waals surface area contributed by atoms with Gasteiger partial charge in [-0.1, -0.05) is 50.6 Å². The molecule has 1 fully saturated rings. The summed E-state index contributed by atoms with van der Waals surface area (Å²) in [6.07, 6.45) is 4.11. The topological polar surface area (TPSA) is 104 Å². The van der Waals surface area contributed by atoms with E-state index in [1.807, 2.05) is 30.3 Å². The molecule has 0 bridgehead atoms.